The van der Waals surface area contributed by atoms with Gasteiger partial charge in [0.25, 0.3) is 0 Å². The first-order valence-corrected chi connectivity index (χ1v) is 9.88. The topological polar surface area (TPSA) is 29.5 Å². The van der Waals surface area contributed by atoms with Crippen molar-refractivity contribution in [1.82, 2.24) is 0 Å². The van der Waals surface area contributed by atoms with E-state index in [4.69, 9.17) is 4.74 Å². The predicted molar refractivity (Wildman–Crippen MR) is 120 cm³/mol. The fraction of sp³-hybridized carbons (Fsp3) is 0.231. The van der Waals surface area contributed by atoms with Gasteiger partial charge in [0.1, 0.15) is 12.4 Å². The molecule has 1 atom stereocenters. The monoisotopic (exact) mass is 372 g/mol. The molecule has 28 heavy (non-hydrogen) atoms. The van der Waals surface area contributed by atoms with E-state index in [9.17, 15) is 5.11 Å². The molecule has 0 saturated carbocycles. The Morgan fingerprint density at radius 3 is 2.43 bits per heavy atom. The van der Waals surface area contributed by atoms with Crippen LogP contribution in [0.4, 0.5) is 0 Å². The number of aliphatic hydroxyl groups is 1. The van der Waals surface area contributed by atoms with Crippen LogP contribution in [-0.4, -0.2) is 17.8 Å². The van der Waals surface area contributed by atoms with E-state index in [2.05, 4.69) is 73.3 Å². The average Bonchev–Trinajstić information content (AvgIpc) is 2.71. The lowest BCUT2D eigenvalue weighted by atomic mass is 10.00. The van der Waals surface area contributed by atoms with Gasteiger partial charge in [0.2, 0.25) is 0 Å². The molecule has 144 valence electrons. The van der Waals surface area contributed by atoms with Gasteiger partial charge in [-0.3, -0.25) is 0 Å². The number of rotatable bonds is 9. The fourth-order valence-corrected chi connectivity index (χ4v) is 3.19. The van der Waals surface area contributed by atoms with Crippen molar-refractivity contribution in [2.24, 2.45) is 0 Å². The van der Waals surface area contributed by atoms with Gasteiger partial charge in [0, 0.05) is 0 Å². The van der Waals surface area contributed by atoms with Crippen LogP contribution in [0.25, 0.3) is 28.0 Å². The normalized spacial score (nSPS) is 12.4. The Hall–Kier alpha value is -2.84. The van der Waals surface area contributed by atoms with Crippen molar-refractivity contribution in [3.05, 3.63) is 85.0 Å². The molecule has 0 fully saturated rings. The first-order chi connectivity index (χ1) is 13.7. The minimum absolute atomic E-state index is 0.208. The third-order valence-electron chi connectivity index (χ3n) is 4.73. The van der Waals surface area contributed by atoms with Gasteiger partial charge in [0.15, 0.2) is 0 Å². The highest BCUT2D eigenvalue weighted by molar-refractivity contribution is 5.88. The Morgan fingerprint density at radius 2 is 1.68 bits per heavy atom. The summed E-state index contributed by atoms with van der Waals surface area (Å²) in [6.07, 6.45) is 8.74. The zero-order chi connectivity index (χ0) is 19.8. The molecule has 0 radical (unpaired) electrons. The summed E-state index contributed by atoms with van der Waals surface area (Å²) in [6, 6.07) is 21.3. The van der Waals surface area contributed by atoms with E-state index in [1.54, 1.807) is 6.08 Å². The van der Waals surface area contributed by atoms with E-state index in [1.165, 1.54) is 27.5 Å². The molecule has 3 aromatic carbocycles. The lowest BCUT2D eigenvalue weighted by Crippen LogP contribution is -1.97. The van der Waals surface area contributed by atoms with Gasteiger partial charge in [-0.2, -0.15) is 0 Å². The summed E-state index contributed by atoms with van der Waals surface area (Å²) in [5.74, 6) is 0.865. The van der Waals surface area contributed by atoms with Crippen LogP contribution in [0.2, 0.25) is 0 Å². The molecule has 2 nitrogen and oxygen atoms in total. The molecule has 3 aromatic rings. The average molecular weight is 373 g/mol. The predicted octanol–water partition coefficient (Wildman–Crippen LogP) is 6.64. The van der Waals surface area contributed by atoms with Crippen molar-refractivity contribution in [3.8, 4) is 16.9 Å². The van der Waals surface area contributed by atoms with E-state index < -0.39 is 0 Å². The van der Waals surface area contributed by atoms with Crippen LogP contribution in [0.15, 0.2) is 79.4 Å². The van der Waals surface area contributed by atoms with E-state index in [1.807, 2.05) is 13.0 Å². The number of aliphatic hydroxyl groups excluding tert-OH is 1. The molecule has 1 unspecified atom stereocenters. The van der Waals surface area contributed by atoms with E-state index in [0.29, 0.717) is 6.61 Å². The van der Waals surface area contributed by atoms with Gasteiger partial charge in [-0.05, 0) is 71.8 Å². The van der Waals surface area contributed by atoms with Gasteiger partial charge >= 0.3 is 0 Å². The number of hydrogen-bond donors (Lipinski definition) is 1. The molecule has 0 heterocycles. The second kappa shape index (κ2) is 9.91. The highest BCUT2D eigenvalue weighted by Gasteiger charge is 2.02. The Bertz CT molecular complexity index is 936. The Morgan fingerprint density at radius 1 is 0.964 bits per heavy atom. The minimum atomic E-state index is -0.208. The molecule has 0 aliphatic carbocycles. The molecular weight excluding hydrogens is 344 g/mol. The zero-order valence-corrected chi connectivity index (χ0v) is 16.5. The highest BCUT2D eigenvalue weighted by atomic mass is 16.5. The smallest absolute Gasteiger partial charge is 0.120 e. The molecule has 0 bridgehead atoms. The molecular formula is C26H28O2. The zero-order valence-electron chi connectivity index (χ0n) is 16.5. The van der Waals surface area contributed by atoms with E-state index in [-0.39, 0.29) is 6.10 Å². The third-order valence-corrected chi connectivity index (χ3v) is 4.73. The van der Waals surface area contributed by atoms with Crippen LogP contribution in [0.3, 0.4) is 0 Å². The summed E-state index contributed by atoms with van der Waals surface area (Å²) < 4.78 is 5.61. The molecule has 0 spiro atoms. The maximum atomic E-state index is 9.29. The number of allylic oxidation sites excluding steroid dienone is 1. The van der Waals surface area contributed by atoms with Gasteiger partial charge in [0.05, 0.1) is 6.10 Å². The van der Waals surface area contributed by atoms with Crippen molar-refractivity contribution in [2.45, 2.75) is 32.3 Å². The van der Waals surface area contributed by atoms with Gasteiger partial charge < -0.3 is 9.84 Å². The van der Waals surface area contributed by atoms with Crippen LogP contribution in [-0.2, 0) is 0 Å². The molecule has 0 saturated heterocycles. The molecule has 2 heteroatoms. The molecule has 0 aliphatic heterocycles. The molecule has 0 aliphatic rings. The van der Waals surface area contributed by atoms with Crippen LogP contribution < -0.4 is 4.74 Å². The largest absolute Gasteiger partial charge is 0.490 e. The summed E-state index contributed by atoms with van der Waals surface area (Å²) >= 11 is 0. The Balaban J connectivity index is 1.68. The summed E-state index contributed by atoms with van der Waals surface area (Å²) in [4.78, 5) is 0. The van der Waals surface area contributed by atoms with E-state index in [0.717, 1.165) is 25.0 Å². The number of hydrogen-bond acceptors (Lipinski definition) is 2. The number of unbranched alkanes of at least 4 members (excludes halogenated alkanes) is 1. The standard InChI is InChI=1S/C26H28O2/c1-3-17-28-26-16-15-24-18-23(13-14-25(24)19-26)22-11-9-21(10-12-22)8-6-4-5-7-20(2)27/h3,6,8-16,18-20,27H,1,4-5,7,17H2,2H3/b8-6+. The maximum Gasteiger partial charge on any atom is 0.120 e. The lowest BCUT2D eigenvalue weighted by Gasteiger charge is -2.07. The molecule has 0 amide bonds. The summed E-state index contributed by atoms with van der Waals surface area (Å²) in [5.41, 5.74) is 3.62. The number of fused-ring (bicyclic) bond motifs is 1. The quantitative estimate of drug-likeness (QED) is 0.337. The number of ether oxygens (including phenoxy) is 1. The second-order valence-corrected chi connectivity index (χ2v) is 7.13. The van der Waals surface area contributed by atoms with Crippen LogP contribution >= 0.6 is 0 Å². The van der Waals surface area contributed by atoms with Crippen molar-refractivity contribution in [1.29, 1.82) is 0 Å². The fourth-order valence-electron chi connectivity index (χ4n) is 3.19. The lowest BCUT2D eigenvalue weighted by molar-refractivity contribution is 0.182. The number of benzene rings is 3. The Labute approximate surface area is 167 Å². The van der Waals surface area contributed by atoms with Crippen LogP contribution in [0.1, 0.15) is 31.7 Å². The highest BCUT2D eigenvalue weighted by Crippen LogP contribution is 2.27. The van der Waals surface area contributed by atoms with Gasteiger partial charge in [-0.15, -0.1) is 0 Å². The molecule has 0 aromatic heterocycles. The van der Waals surface area contributed by atoms with Crippen molar-refractivity contribution in [3.63, 3.8) is 0 Å². The van der Waals surface area contributed by atoms with Crippen molar-refractivity contribution >= 4 is 16.8 Å². The first-order valence-electron chi connectivity index (χ1n) is 9.88. The summed E-state index contributed by atoms with van der Waals surface area (Å²) in [6.45, 7) is 6.04. The molecule has 1 N–H and O–H groups in total. The minimum Gasteiger partial charge on any atom is -0.490 e. The second-order valence-electron chi connectivity index (χ2n) is 7.13. The summed E-state index contributed by atoms with van der Waals surface area (Å²) in [7, 11) is 0. The van der Waals surface area contributed by atoms with Crippen molar-refractivity contribution < 1.29 is 9.84 Å². The first kappa shape index (κ1) is 19.9. The van der Waals surface area contributed by atoms with Gasteiger partial charge in [-0.1, -0.05) is 67.3 Å². The van der Waals surface area contributed by atoms with E-state index >= 15 is 0 Å². The summed E-state index contributed by atoms with van der Waals surface area (Å²) in [5, 5.41) is 11.7. The van der Waals surface area contributed by atoms with Crippen LogP contribution in [0, 0.1) is 0 Å². The third kappa shape index (κ3) is 5.58. The SMILES string of the molecule is C=CCOc1ccc2cc(-c3ccc(/C=C/CCCC(C)O)cc3)ccc2c1. The van der Waals surface area contributed by atoms with Gasteiger partial charge in [-0.25, -0.2) is 0 Å². The van der Waals surface area contributed by atoms with Crippen LogP contribution in [0.5, 0.6) is 5.75 Å². The molecule has 3 rings (SSSR count). The Kier molecular flexibility index (Phi) is 7.05. The maximum absolute atomic E-state index is 9.29. The van der Waals surface area contributed by atoms with Crippen molar-refractivity contribution in [2.75, 3.05) is 6.61 Å².